The zero-order chi connectivity index (χ0) is 23.1. The standard InChI is InChI=1S/C25H29N3O4/c1-4-32-25(31)24-18(3)28(16-22(29)27-13-11-20-10-5-6-12-26-20)23(30)15-21(24)19-9-7-8-17(2)14-19/h5-10,12,14,21H,4,11,13,15-16H2,1-3H3,(H,27,29). The van der Waals surface area contributed by atoms with Crippen LogP contribution in [-0.4, -0.2) is 47.4 Å². The molecule has 1 aliphatic heterocycles. The second-order valence-electron chi connectivity index (χ2n) is 7.79. The average molecular weight is 436 g/mol. The van der Waals surface area contributed by atoms with Gasteiger partial charge in [-0.25, -0.2) is 4.79 Å². The molecule has 0 saturated heterocycles. The molecule has 2 heterocycles. The molecule has 0 saturated carbocycles. The predicted octanol–water partition coefficient (Wildman–Crippen LogP) is 2.90. The molecule has 7 nitrogen and oxygen atoms in total. The molecular weight excluding hydrogens is 406 g/mol. The lowest BCUT2D eigenvalue weighted by Gasteiger charge is -2.34. The third-order valence-corrected chi connectivity index (χ3v) is 5.49. The summed E-state index contributed by atoms with van der Waals surface area (Å²) in [4.78, 5) is 43.9. The number of hydrogen-bond donors (Lipinski definition) is 1. The number of carbonyl (C=O) groups is 3. The van der Waals surface area contributed by atoms with Crippen molar-refractivity contribution in [3.05, 3.63) is 76.8 Å². The Morgan fingerprint density at radius 1 is 1.19 bits per heavy atom. The van der Waals surface area contributed by atoms with Crippen LogP contribution in [0.2, 0.25) is 0 Å². The summed E-state index contributed by atoms with van der Waals surface area (Å²) in [6.45, 7) is 5.92. The minimum Gasteiger partial charge on any atom is -0.463 e. The van der Waals surface area contributed by atoms with E-state index < -0.39 is 11.9 Å². The highest BCUT2D eigenvalue weighted by molar-refractivity contribution is 5.97. The number of ether oxygens (including phenoxy) is 1. The van der Waals surface area contributed by atoms with Crippen molar-refractivity contribution in [2.24, 2.45) is 0 Å². The van der Waals surface area contributed by atoms with Gasteiger partial charge >= 0.3 is 5.97 Å². The van der Waals surface area contributed by atoms with Crippen molar-refractivity contribution in [1.82, 2.24) is 15.2 Å². The van der Waals surface area contributed by atoms with Gasteiger partial charge in [-0.2, -0.15) is 0 Å². The van der Waals surface area contributed by atoms with Gasteiger partial charge in [0, 0.05) is 42.9 Å². The maximum Gasteiger partial charge on any atom is 0.336 e. The van der Waals surface area contributed by atoms with Gasteiger partial charge in [-0.15, -0.1) is 0 Å². The maximum absolute atomic E-state index is 13.0. The van der Waals surface area contributed by atoms with Crippen molar-refractivity contribution in [2.45, 2.75) is 39.5 Å². The molecule has 7 heteroatoms. The number of nitrogens with one attached hydrogen (secondary N) is 1. The molecule has 3 rings (SSSR count). The first-order chi connectivity index (χ1) is 15.4. The minimum absolute atomic E-state index is 0.107. The van der Waals surface area contributed by atoms with Crippen LogP contribution in [0.5, 0.6) is 0 Å². The van der Waals surface area contributed by atoms with E-state index in [1.54, 1.807) is 20.0 Å². The summed E-state index contributed by atoms with van der Waals surface area (Å²) in [5.41, 5.74) is 3.71. The molecule has 1 aromatic carbocycles. The Labute approximate surface area is 188 Å². The average Bonchev–Trinajstić information content (AvgIpc) is 2.77. The number of aromatic nitrogens is 1. The van der Waals surface area contributed by atoms with E-state index in [1.807, 2.05) is 49.4 Å². The largest absolute Gasteiger partial charge is 0.463 e. The van der Waals surface area contributed by atoms with Crippen molar-refractivity contribution < 1.29 is 19.1 Å². The SMILES string of the molecule is CCOC(=O)C1=C(C)N(CC(=O)NCCc2ccccn2)C(=O)CC1c1cccc(C)c1. The molecule has 0 fully saturated rings. The molecule has 0 radical (unpaired) electrons. The van der Waals surface area contributed by atoms with Crippen LogP contribution in [0, 0.1) is 6.92 Å². The van der Waals surface area contributed by atoms with E-state index >= 15 is 0 Å². The van der Waals surface area contributed by atoms with Gasteiger partial charge in [0.2, 0.25) is 11.8 Å². The molecule has 0 aliphatic carbocycles. The number of aryl methyl sites for hydroxylation is 1. The second-order valence-corrected chi connectivity index (χ2v) is 7.79. The molecular formula is C25H29N3O4. The number of pyridine rings is 1. The summed E-state index contributed by atoms with van der Waals surface area (Å²) in [7, 11) is 0. The number of carbonyl (C=O) groups excluding carboxylic acids is 3. The molecule has 1 unspecified atom stereocenters. The van der Waals surface area contributed by atoms with Crippen molar-refractivity contribution >= 4 is 17.8 Å². The quantitative estimate of drug-likeness (QED) is 0.644. The number of hydrogen-bond acceptors (Lipinski definition) is 5. The first-order valence-electron chi connectivity index (χ1n) is 10.8. The highest BCUT2D eigenvalue weighted by atomic mass is 16.5. The minimum atomic E-state index is -0.454. The number of benzene rings is 1. The Bertz CT molecular complexity index is 1020. The van der Waals surface area contributed by atoms with E-state index in [0.717, 1.165) is 16.8 Å². The lowest BCUT2D eigenvalue weighted by atomic mass is 9.83. The summed E-state index contributed by atoms with van der Waals surface area (Å²) >= 11 is 0. The number of esters is 1. The van der Waals surface area contributed by atoms with Gasteiger partial charge in [0.15, 0.2) is 0 Å². The summed E-state index contributed by atoms with van der Waals surface area (Å²) < 4.78 is 5.29. The zero-order valence-electron chi connectivity index (χ0n) is 18.8. The predicted molar refractivity (Wildman–Crippen MR) is 121 cm³/mol. The van der Waals surface area contributed by atoms with Crippen molar-refractivity contribution in [3.8, 4) is 0 Å². The fourth-order valence-electron chi connectivity index (χ4n) is 3.92. The summed E-state index contributed by atoms with van der Waals surface area (Å²) in [5.74, 6) is -1.33. The van der Waals surface area contributed by atoms with Crippen molar-refractivity contribution in [1.29, 1.82) is 0 Å². The van der Waals surface area contributed by atoms with Gasteiger partial charge in [0.1, 0.15) is 6.54 Å². The third kappa shape index (κ3) is 5.60. The molecule has 1 aromatic heterocycles. The molecule has 168 valence electrons. The summed E-state index contributed by atoms with van der Waals surface area (Å²) in [6, 6.07) is 13.4. The lowest BCUT2D eigenvalue weighted by molar-refractivity contribution is -0.141. The fraction of sp³-hybridized carbons (Fsp3) is 0.360. The molecule has 2 aromatic rings. The number of nitrogens with zero attached hydrogens (tertiary/aromatic N) is 2. The first kappa shape index (κ1) is 23.2. The van der Waals surface area contributed by atoms with Crippen LogP contribution in [0.3, 0.4) is 0 Å². The molecule has 0 spiro atoms. The third-order valence-electron chi connectivity index (χ3n) is 5.49. The number of rotatable bonds is 8. The van der Waals surface area contributed by atoms with Crippen LogP contribution in [0.15, 0.2) is 59.9 Å². The first-order valence-corrected chi connectivity index (χ1v) is 10.8. The van der Waals surface area contributed by atoms with E-state index in [2.05, 4.69) is 10.3 Å². The molecule has 1 N–H and O–H groups in total. The van der Waals surface area contributed by atoms with Gasteiger partial charge in [-0.1, -0.05) is 35.9 Å². The van der Waals surface area contributed by atoms with E-state index in [1.165, 1.54) is 4.90 Å². The van der Waals surface area contributed by atoms with E-state index in [-0.39, 0.29) is 31.4 Å². The molecule has 2 amide bonds. The number of allylic oxidation sites excluding steroid dienone is 1. The lowest BCUT2D eigenvalue weighted by Crippen LogP contribution is -2.44. The number of amides is 2. The Morgan fingerprint density at radius 3 is 2.69 bits per heavy atom. The van der Waals surface area contributed by atoms with Crippen molar-refractivity contribution in [2.75, 3.05) is 19.7 Å². The highest BCUT2D eigenvalue weighted by Gasteiger charge is 2.37. The van der Waals surface area contributed by atoms with Crippen LogP contribution in [-0.2, 0) is 25.5 Å². The normalized spacial score (nSPS) is 16.2. The molecule has 0 bridgehead atoms. The summed E-state index contributed by atoms with van der Waals surface area (Å²) in [5, 5.41) is 2.83. The van der Waals surface area contributed by atoms with E-state index in [0.29, 0.717) is 24.2 Å². The topological polar surface area (TPSA) is 88.6 Å². The van der Waals surface area contributed by atoms with Crippen LogP contribution in [0.4, 0.5) is 0 Å². The highest BCUT2D eigenvalue weighted by Crippen LogP contribution is 2.37. The van der Waals surface area contributed by atoms with E-state index in [4.69, 9.17) is 4.74 Å². The fourth-order valence-corrected chi connectivity index (χ4v) is 3.92. The van der Waals surface area contributed by atoms with Gasteiger partial charge in [0.25, 0.3) is 0 Å². The van der Waals surface area contributed by atoms with Gasteiger partial charge in [-0.3, -0.25) is 14.6 Å². The van der Waals surface area contributed by atoms with Crippen LogP contribution in [0.25, 0.3) is 0 Å². The van der Waals surface area contributed by atoms with Gasteiger partial charge in [0.05, 0.1) is 12.2 Å². The molecule has 1 atom stereocenters. The monoisotopic (exact) mass is 435 g/mol. The molecule has 32 heavy (non-hydrogen) atoms. The second kappa shape index (κ2) is 10.7. The van der Waals surface area contributed by atoms with Crippen LogP contribution < -0.4 is 5.32 Å². The summed E-state index contributed by atoms with van der Waals surface area (Å²) in [6.07, 6.45) is 2.41. The van der Waals surface area contributed by atoms with Gasteiger partial charge < -0.3 is 15.0 Å². The Balaban J connectivity index is 1.77. The van der Waals surface area contributed by atoms with E-state index in [9.17, 15) is 14.4 Å². The smallest absolute Gasteiger partial charge is 0.336 e. The Kier molecular flexibility index (Phi) is 7.76. The molecule has 1 aliphatic rings. The van der Waals surface area contributed by atoms with Crippen LogP contribution in [0.1, 0.15) is 43.0 Å². The zero-order valence-corrected chi connectivity index (χ0v) is 18.8. The maximum atomic E-state index is 13.0. The van der Waals surface area contributed by atoms with Crippen LogP contribution >= 0.6 is 0 Å². The van der Waals surface area contributed by atoms with Crippen molar-refractivity contribution in [3.63, 3.8) is 0 Å². The Hall–Kier alpha value is -3.48. The Morgan fingerprint density at radius 2 is 2.00 bits per heavy atom. The van der Waals surface area contributed by atoms with Gasteiger partial charge in [-0.05, 0) is 38.5 Å².